The standard InChI is InChI=1S/C17H11F4N3O2/c1-9(25)15-16(23-24-22-15)26-14-7-4-11(8-13(14)18)10-2-5-12(6-3-10)17(19,20)21/h2-8H,1H3,(H,22,23,24). The van der Waals surface area contributed by atoms with E-state index in [1.54, 1.807) is 0 Å². The number of rotatable bonds is 4. The zero-order valence-corrected chi connectivity index (χ0v) is 13.3. The predicted octanol–water partition coefficient (Wildman–Crippen LogP) is 4.62. The molecule has 5 nitrogen and oxygen atoms in total. The zero-order chi connectivity index (χ0) is 18.9. The van der Waals surface area contributed by atoms with Gasteiger partial charge >= 0.3 is 6.18 Å². The molecule has 0 aliphatic carbocycles. The molecule has 0 unspecified atom stereocenters. The Hall–Kier alpha value is -3.23. The monoisotopic (exact) mass is 365 g/mol. The first-order valence-corrected chi connectivity index (χ1v) is 7.32. The smallest absolute Gasteiger partial charge is 0.416 e. The lowest BCUT2D eigenvalue weighted by atomic mass is 10.0. The lowest BCUT2D eigenvalue weighted by molar-refractivity contribution is -0.137. The van der Waals surface area contributed by atoms with E-state index in [4.69, 9.17) is 4.74 Å². The Kier molecular flexibility index (Phi) is 4.45. The number of aromatic nitrogens is 3. The van der Waals surface area contributed by atoms with E-state index in [2.05, 4.69) is 15.4 Å². The van der Waals surface area contributed by atoms with Gasteiger partial charge in [0.25, 0.3) is 5.88 Å². The Balaban J connectivity index is 1.86. The minimum Gasteiger partial charge on any atom is -0.433 e. The summed E-state index contributed by atoms with van der Waals surface area (Å²) in [4.78, 5) is 11.4. The highest BCUT2D eigenvalue weighted by Crippen LogP contribution is 2.32. The van der Waals surface area contributed by atoms with E-state index in [0.717, 1.165) is 18.2 Å². The first kappa shape index (κ1) is 17.6. The maximum absolute atomic E-state index is 14.3. The van der Waals surface area contributed by atoms with Gasteiger partial charge in [-0.3, -0.25) is 9.89 Å². The number of nitrogens with one attached hydrogen (secondary N) is 1. The molecule has 0 aliphatic heterocycles. The quantitative estimate of drug-likeness (QED) is 0.541. The molecule has 1 N–H and O–H groups in total. The molecule has 2 aromatic carbocycles. The summed E-state index contributed by atoms with van der Waals surface area (Å²) in [6.07, 6.45) is -4.44. The van der Waals surface area contributed by atoms with Crippen LogP contribution in [0.3, 0.4) is 0 Å². The van der Waals surface area contributed by atoms with Gasteiger partial charge in [-0.25, -0.2) is 4.39 Å². The van der Waals surface area contributed by atoms with E-state index in [9.17, 15) is 22.4 Å². The van der Waals surface area contributed by atoms with Gasteiger partial charge in [-0.1, -0.05) is 28.5 Å². The number of aromatic amines is 1. The third-order valence-electron chi connectivity index (χ3n) is 3.55. The molecular weight excluding hydrogens is 354 g/mol. The summed E-state index contributed by atoms with van der Waals surface area (Å²) in [5.41, 5.74) is -0.00878. The molecule has 0 amide bonds. The molecule has 0 atom stereocenters. The molecule has 0 bridgehead atoms. The summed E-state index contributed by atoms with van der Waals surface area (Å²) in [6, 6.07) is 8.24. The highest BCUT2D eigenvalue weighted by molar-refractivity contribution is 5.94. The molecule has 3 aromatic rings. The molecule has 0 aliphatic rings. The summed E-state index contributed by atoms with van der Waals surface area (Å²) in [5, 5.41) is 9.34. The van der Waals surface area contributed by atoms with Gasteiger partial charge in [0.2, 0.25) is 0 Å². The van der Waals surface area contributed by atoms with Crippen LogP contribution in [0.2, 0.25) is 0 Å². The first-order chi connectivity index (χ1) is 12.3. The van der Waals surface area contributed by atoms with Gasteiger partial charge < -0.3 is 4.74 Å². The number of Topliss-reactive ketones (excluding diaryl/α,β-unsaturated/α-hetero) is 1. The van der Waals surface area contributed by atoms with Crippen LogP contribution in [0.1, 0.15) is 23.0 Å². The molecule has 0 saturated carbocycles. The number of halogens is 4. The number of hydrogen-bond acceptors (Lipinski definition) is 4. The van der Waals surface area contributed by atoms with Crippen LogP contribution >= 0.6 is 0 Å². The van der Waals surface area contributed by atoms with Crippen molar-refractivity contribution in [2.45, 2.75) is 13.1 Å². The van der Waals surface area contributed by atoms with E-state index in [-0.39, 0.29) is 23.1 Å². The molecule has 0 saturated heterocycles. The zero-order valence-electron chi connectivity index (χ0n) is 13.3. The fourth-order valence-corrected chi connectivity index (χ4v) is 2.24. The van der Waals surface area contributed by atoms with E-state index >= 15 is 0 Å². The summed E-state index contributed by atoms with van der Waals surface area (Å²) in [6.45, 7) is 1.27. The largest absolute Gasteiger partial charge is 0.433 e. The Morgan fingerprint density at radius 2 is 1.73 bits per heavy atom. The van der Waals surface area contributed by atoms with Crippen molar-refractivity contribution in [1.29, 1.82) is 0 Å². The highest BCUT2D eigenvalue weighted by Gasteiger charge is 2.30. The van der Waals surface area contributed by atoms with Crippen LogP contribution < -0.4 is 4.74 Å². The maximum Gasteiger partial charge on any atom is 0.416 e. The molecule has 1 heterocycles. The van der Waals surface area contributed by atoms with Crippen molar-refractivity contribution < 1.29 is 27.1 Å². The second kappa shape index (κ2) is 6.58. The average molecular weight is 365 g/mol. The highest BCUT2D eigenvalue weighted by atomic mass is 19.4. The Bertz CT molecular complexity index is 949. The van der Waals surface area contributed by atoms with Gasteiger partial charge in [0, 0.05) is 6.92 Å². The Labute approximate surface area is 144 Å². The van der Waals surface area contributed by atoms with Crippen LogP contribution in [0.15, 0.2) is 42.5 Å². The van der Waals surface area contributed by atoms with Crippen molar-refractivity contribution in [3.8, 4) is 22.8 Å². The third-order valence-corrected chi connectivity index (χ3v) is 3.55. The minimum atomic E-state index is -4.44. The molecule has 0 fully saturated rings. The number of ether oxygens (including phenoxy) is 1. The van der Waals surface area contributed by atoms with Crippen molar-refractivity contribution in [3.63, 3.8) is 0 Å². The van der Waals surface area contributed by atoms with E-state index in [1.807, 2.05) is 0 Å². The van der Waals surface area contributed by atoms with Gasteiger partial charge in [0.1, 0.15) is 0 Å². The Morgan fingerprint density at radius 1 is 1.08 bits per heavy atom. The molecule has 9 heteroatoms. The number of benzene rings is 2. The summed E-state index contributed by atoms with van der Waals surface area (Å²) >= 11 is 0. The van der Waals surface area contributed by atoms with Crippen molar-refractivity contribution in [3.05, 3.63) is 59.5 Å². The second-order valence-electron chi connectivity index (χ2n) is 5.37. The van der Waals surface area contributed by atoms with Gasteiger partial charge in [-0.05, 0) is 35.4 Å². The molecule has 0 spiro atoms. The van der Waals surface area contributed by atoms with Gasteiger partial charge in [-0.2, -0.15) is 13.2 Å². The van der Waals surface area contributed by atoms with Crippen LogP contribution in [0.5, 0.6) is 11.6 Å². The number of H-pyrrole nitrogens is 1. The van der Waals surface area contributed by atoms with Crippen LogP contribution in [-0.2, 0) is 6.18 Å². The van der Waals surface area contributed by atoms with Gasteiger partial charge in [0.05, 0.1) is 5.56 Å². The van der Waals surface area contributed by atoms with Crippen LogP contribution in [-0.4, -0.2) is 21.2 Å². The number of hydrogen-bond donors (Lipinski definition) is 1. The van der Waals surface area contributed by atoms with Crippen LogP contribution in [0.4, 0.5) is 17.6 Å². The van der Waals surface area contributed by atoms with E-state index in [0.29, 0.717) is 11.1 Å². The van der Waals surface area contributed by atoms with E-state index in [1.165, 1.54) is 31.2 Å². The number of carbonyl (C=O) groups excluding carboxylic acids is 1. The molecular formula is C17H11F4N3O2. The van der Waals surface area contributed by atoms with Crippen molar-refractivity contribution in [1.82, 2.24) is 15.4 Å². The van der Waals surface area contributed by atoms with Crippen molar-refractivity contribution in [2.75, 3.05) is 0 Å². The fourth-order valence-electron chi connectivity index (χ4n) is 2.24. The number of alkyl halides is 3. The molecule has 3 rings (SSSR count). The molecule has 26 heavy (non-hydrogen) atoms. The maximum atomic E-state index is 14.3. The second-order valence-corrected chi connectivity index (χ2v) is 5.37. The molecule has 1 aromatic heterocycles. The van der Waals surface area contributed by atoms with Crippen LogP contribution in [0, 0.1) is 5.82 Å². The summed E-state index contributed by atoms with van der Waals surface area (Å²) < 4.78 is 57.3. The summed E-state index contributed by atoms with van der Waals surface area (Å²) in [7, 11) is 0. The van der Waals surface area contributed by atoms with Crippen molar-refractivity contribution >= 4 is 5.78 Å². The van der Waals surface area contributed by atoms with Gasteiger partial charge in [0.15, 0.2) is 23.0 Å². The fraction of sp³-hybridized carbons (Fsp3) is 0.118. The SMILES string of the molecule is CC(=O)c1[nH]nnc1Oc1ccc(-c2ccc(C(F)(F)F)cc2)cc1F. The number of ketones is 1. The average Bonchev–Trinajstić information content (AvgIpc) is 3.04. The minimum absolute atomic E-state index is 0.00350. The summed E-state index contributed by atoms with van der Waals surface area (Å²) in [5.74, 6) is -1.51. The molecule has 134 valence electrons. The topological polar surface area (TPSA) is 67.9 Å². The number of nitrogens with zero attached hydrogens (tertiary/aromatic N) is 2. The van der Waals surface area contributed by atoms with Crippen LogP contribution in [0.25, 0.3) is 11.1 Å². The number of carbonyl (C=O) groups is 1. The lowest BCUT2D eigenvalue weighted by Gasteiger charge is -2.09. The first-order valence-electron chi connectivity index (χ1n) is 7.32. The Morgan fingerprint density at radius 3 is 2.31 bits per heavy atom. The lowest BCUT2D eigenvalue weighted by Crippen LogP contribution is -2.04. The van der Waals surface area contributed by atoms with E-state index < -0.39 is 17.6 Å². The van der Waals surface area contributed by atoms with Gasteiger partial charge in [-0.15, -0.1) is 0 Å². The third kappa shape index (κ3) is 3.56. The predicted molar refractivity (Wildman–Crippen MR) is 83.3 cm³/mol. The van der Waals surface area contributed by atoms with Crippen molar-refractivity contribution in [2.24, 2.45) is 0 Å². The molecule has 0 radical (unpaired) electrons. The normalized spacial score (nSPS) is 11.4.